The van der Waals surface area contributed by atoms with Crippen molar-refractivity contribution in [1.82, 2.24) is 4.57 Å². The van der Waals surface area contributed by atoms with Crippen LogP contribution < -0.4 is 4.74 Å². The zero-order chi connectivity index (χ0) is 21.1. The molecule has 0 aliphatic rings. The number of rotatable bonds is 7. The quantitative estimate of drug-likeness (QED) is 0.533. The molecular weight excluding hydrogens is 376 g/mol. The molecule has 150 valence electrons. The van der Waals surface area contributed by atoms with Crippen molar-refractivity contribution in [1.29, 1.82) is 0 Å². The molecule has 6 heteroatoms. The predicted molar refractivity (Wildman–Crippen MR) is 106 cm³/mol. The molecule has 0 amide bonds. The Morgan fingerprint density at radius 1 is 0.966 bits per heavy atom. The van der Waals surface area contributed by atoms with Gasteiger partial charge in [-0.25, -0.2) is 8.78 Å². The number of halogens is 2. The summed E-state index contributed by atoms with van der Waals surface area (Å²) in [4.78, 5) is 23.9. The molecule has 0 unspecified atom stereocenters. The first-order valence-corrected chi connectivity index (χ1v) is 9.14. The van der Waals surface area contributed by atoms with Gasteiger partial charge in [0.25, 0.3) is 0 Å². The summed E-state index contributed by atoms with van der Waals surface area (Å²) in [6.07, 6.45) is 0. The molecule has 3 aromatic rings. The number of hydrogen-bond donors (Lipinski definition) is 0. The van der Waals surface area contributed by atoms with Crippen LogP contribution in [0, 0.1) is 25.5 Å². The standard InChI is InChI=1S/C23H21F2NO3/c1-14-10-21(15(2)26(14)12-17-4-6-18(24)7-5-17)23(28)13-29-19-8-9-20(16(3)27)22(25)11-19/h4-11H,12-13H2,1-3H3. The van der Waals surface area contributed by atoms with E-state index in [1.54, 1.807) is 18.2 Å². The van der Waals surface area contributed by atoms with Crippen LogP contribution in [0.1, 0.15) is 44.6 Å². The normalized spacial score (nSPS) is 10.8. The van der Waals surface area contributed by atoms with Crippen LogP contribution in [-0.4, -0.2) is 22.7 Å². The second kappa shape index (κ2) is 8.39. The van der Waals surface area contributed by atoms with E-state index in [2.05, 4.69) is 0 Å². The Labute approximate surface area is 167 Å². The Morgan fingerprint density at radius 2 is 1.66 bits per heavy atom. The smallest absolute Gasteiger partial charge is 0.202 e. The lowest BCUT2D eigenvalue weighted by Crippen LogP contribution is -2.13. The van der Waals surface area contributed by atoms with Crippen LogP contribution in [0.3, 0.4) is 0 Å². The lowest BCUT2D eigenvalue weighted by molar-refractivity contribution is 0.0919. The third-order valence-corrected chi connectivity index (χ3v) is 4.82. The summed E-state index contributed by atoms with van der Waals surface area (Å²) >= 11 is 0. The number of carbonyl (C=O) groups is 2. The van der Waals surface area contributed by atoms with E-state index in [9.17, 15) is 18.4 Å². The molecule has 0 saturated carbocycles. The summed E-state index contributed by atoms with van der Waals surface area (Å²) in [6.45, 7) is 5.28. The van der Waals surface area contributed by atoms with Gasteiger partial charge in [-0.3, -0.25) is 9.59 Å². The van der Waals surface area contributed by atoms with Gasteiger partial charge in [0.1, 0.15) is 17.4 Å². The van der Waals surface area contributed by atoms with Crippen molar-refractivity contribution >= 4 is 11.6 Å². The molecule has 0 saturated heterocycles. The molecule has 2 aromatic carbocycles. The van der Waals surface area contributed by atoms with Crippen molar-refractivity contribution < 1.29 is 23.1 Å². The van der Waals surface area contributed by atoms with E-state index in [0.717, 1.165) is 23.0 Å². The van der Waals surface area contributed by atoms with Crippen LogP contribution in [0.5, 0.6) is 5.75 Å². The monoisotopic (exact) mass is 397 g/mol. The Morgan fingerprint density at radius 3 is 2.28 bits per heavy atom. The van der Waals surface area contributed by atoms with Crippen molar-refractivity contribution in [3.8, 4) is 5.75 Å². The molecule has 0 aliphatic carbocycles. The van der Waals surface area contributed by atoms with Crippen molar-refractivity contribution in [3.63, 3.8) is 0 Å². The summed E-state index contributed by atoms with van der Waals surface area (Å²) in [7, 11) is 0. The first-order valence-electron chi connectivity index (χ1n) is 9.14. The zero-order valence-electron chi connectivity index (χ0n) is 16.5. The fraction of sp³-hybridized carbons (Fsp3) is 0.217. The summed E-state index contributed by atoms with van der Waals surface area (Å²) in [5, 5.41) is 0. The van der Waals surface area contributed by atoms with Gasteiger partial charge in [0, 0.05) is 29.6 Å². The van der Waals surface area contributed by atoms with E-state index in [1.807, 2.05) is 18.4 Å². The third kappa shape index (κ3) is 4.59. The minimum atomic E-state index is -0.681. The van der Waals surface area contributed by atoms with Crippen LogP contribution in [0.25, 0.3) is 0 Å². The Bertz CT molecular complexity index is 1070. The summed E-state index contributed by atoms with van der Waals surface area (Å²) in [5.74, 6) is -1.41. The van der Waals surface area contributed by atoms with Crippen molar-refractivity contribution in [2.45, 2.75) is 27.3 Å². The molecule has 1 heterocycles. The van der Waals surface area contributed by atoms with E-state index in [-0.39, 0.29) is 35.3 Å². The fourth-order valence-corrected chi connectivity index (χ4v) is 3.20. The van der Waals surface area contributed by atoms with Gasteiger partial charge in [0.2, 0.25) is 5.78 Å². The summed E-state index contributed by atoms with van der Waals surface area (Å²) < 4.78 is 34.4. The second-order valence-corrected chi connectivity index (χ2v) is 6.91. The van der Waals surface area contributed by atoms with Gasteiger partial charge in [-0.05, 0) is 56.7 Å². The number of ether oxygens (including phenoxy) is 1. The summed E-state index contributed by atoms with van der Waals surface area (Å²) in [5.41, 5.74) is 3.09. The van der Waals surface area contributed by atoms with Crippen molar-refractivity contribution in [3.05, 3.63) is 88.2 Å². The molecule has 3 rings (SSSR count). The molecule has 4 nitrogen and oxygen atoms in total. The van der Waals surface area contributed by atoms with Gasteiger partial charge in [0.15, 0.2) is 12.4 Å². The van der Waals surface area contributed by atoms with Crippen LogP contribution in [0.15, 0.2) is 48.5 Å². The first-order chi connectivity index (χ1) is 13.8. The molecule has 1 aromatic heterocycles. The average molecular weight is 397 g/mol. The maximum Gasteiger partial charge on any atom is 0.202 e. The largest absolute Gasteiger partial charge is 0.485 e. The molecule has 0 spiro atoms. The minimum absolute atomic E-state index is 0.0204. The number of benzene rings is 2. The molecule has 0 aliphatic heterocycles. The molecule has 0 fully saturated rings. The highest BCUT2D eigenvalue weighted by Gasteiger charge is 2.17. The maximum atomic E-state index is 13.9. The van der Waals surface area contributed by atoms with Gasteiger partial charge in [-0.1, -0.05) is 12.1 Å². The molecule has 29 heavy (non-hydrogen) atoms. The zero-order valence-corrected chi connectivity index (χ0v) is 16.5. The Hall–Kier alpha value is -3.28. The lowest BCUT2D eigenvalue weighted by atomic mass is 10.1. The van der Waals surface area contributed by atoms with Crippen LogP contribution in [0.4, 0.5) is 8.78 Å². The molecule has 0 atom stereocenters. The predicted octanol–water partition coefficient (Wildman–Crippen LogP) is 4.90. The minimum Gasteiger partial charge on any atom is -0.485 e. The summed E-state index contributed by atoms with van der Waals surface area (Å²) in [6, 6.07) is 11.9. The number of hydrogen-bond acceptors (Lipinski definition) is 3. The maximum absolute atomic E-state index is 13.9. The van der Waals surface area contributed by atoms with E-state index in [0.29, 0.717) is 12.1 Å². The highest BCUT2D eigenvalue weighted by molar-refractivity contribution is 5.98. The van der Waals surface area contributed by atoms with E-state index in [1.165, 1.54) is 31.2 Å². The molecule has 0 bridgehead atoms. The van der Waals surface area contributed by atoms with Gasteiger partial charge in [0.05, 0.1) is 5.56 Å². The molecule has 0 N–H and O–H groups in total. The highest BCUT2D eigenvalue weighted by Crippen LogP contribution is 2.20. The number of Topliss-reactive ketones (excluding diaryl/α,β-unsaturated/α-hetero) is 2. The van der Waals surface area contributed by atoms with E-state index in [4.69, 9.17) is 4.74 Å². The van der Waals surface area contributed by atoms with Gasteiger partial charge < -0.3 is 9.30 Å². The molecule has 0 radical (unpaired) electrons. The Balaban J connectivity index is 1.72. The third-order valence-electron chi connectivity index (χ3n) is 4.82. The van der Waals surface area contributed by atoms with Crippen LogP contribution >= 0.6 is 0 Å². The topological polar surface area (TPSA) is 48.3 Å². The van der Waals surface area contributed by atoms with Gasteiger partial charge >= 0.3 is 0 Å². The number of carbonyl (C=O) groups excluding carboxylic acids is 2. The highest BCUT2D eigenvalue weighted by atomic mass is 19.1. The number of ketones is 2. The lowest BCUT2D eigenvalue weighted by Gasteiger charge is -2.10. The van der Waals surface area contributed by atoms with Crippen LogP contribution in [0.2, 0.25) is 0 Å². The molecular formula is C23H21F2NO3. The second-order valence-electron chi connectivity index (χ2n) is 6.91. The van der Waals surface area contributed by atoms with Gasteiger partial charge in [-0.2, -0.15) is 0 Å². The SMILES string of the molecule is CC(=O)c1ccc(OCC(=O)c2cc(C)n(Cc3ccc(F)cc3)c2C)cc1F. The number of aryl methyl sites for hydroxylation is 1. The Kier molecular flexibility index (Phi) is 5.92. The first kappa shape index (κ1) is 20.5. The average Bonchev–Trinajstić information content (AvgIpc) is 2.96. The van der Waals surface area contributed by atoms with E-state index < -0.39 is 5.82 Å². The van der Waals surface area contributed by atoms with Crippen LogP contribution in [-0.2, 0) is 6.54 Å². The van der Waals surface area contributed by atoms with Crippen molar-refractivity contribution in [2.24, 2.45) is 0 Å². The van der Waals surface area contributed by atoms with Gasteiger partial charge in [-0.15, -0.1) is 0 Å². The fourth-order valence-electron chi connectivity index (χ4n) is 3.20. The number of aromatic nitrogens is 1. The van der Waals surface area contributed by atoms with E-state index >= 15 is 0 Å². The number of nitrogens with zero attached hydrogens (tertiary/aromatic N) is 1. The van der Waals surface area contributed by atoms with Crippen molar-refractivity contribution in [2.75, 3.05) is 6.61 Å².